The van der Waals surface area contributed by atoms with Gasteiger partial charge in [-0.3, -0.25) is 19.1 Å². The average molecular weight is 525 g/mol. The van der Waals surface area contributed by atoms with Crippen LogP contribution in [0, 0.1) is 11.3 Å². The van der Waals surface area contributed by atoms with Gasteiger partial charge in [-0.2, -0.15) is 5.26 Å². The second-order valence-electron chi connectivity index (χ2n) is 10.2. The smallest absolute Gasteiger partial charge is 0.264 e. The van der Waals surface area contributed by atoms with E-state index in [9.17, 15) is 19.6 Å². The van der Waals surface area contributed by atoms with Crippen molar-refractivity contribution in [1.29, 1.82) is 5.26 Å². The summed E-state index contributed by atoms with van der Waals surface area (Å²) in [7, 11) is 0. The van der Waals surface area contributed by atoms with Gasteiger partial charge in [-0.15, -0.1) is 6.58 Å². The van der Waals surface area contributed by atoms with Gasteiger partial charge in [0.1, 0.15) is 17.3 Å². The van der Waals surface area contributed by atoms with Crippen LogP contribution in [0.2, 0.25) is 0 Å². The van der Waals surface area contributed by atoms with Gasteiger partial charge < -0.3 is 15.0 Å². The van der Waals surface area contributed by atoms with Crippen molar-refractivity contribution >= 4 is 29.7 Å². The van der Waals surface area contributed by atoms with Crippen LogP contribution in [0.4, 0.5) is 0 Å². The molecule has 0 radical (unpaired) electrons. The number of unbranched alkanes of at least 4 members (excludes halogenated alkanes) is 3. The van der Waals surface area contributed by atoms with E-state index in [-0.39, 0.29) is 17.7 Å². The lowest BCUT2D eigenvalue weighted by Gasteiger charge is -2.29. The van der Waals surface area contributed by atoms with E-state index >= 15 is 0 Å². The fraction of sp³-hybridized carbons (Fsp3) is 0.571. The zero-order valence-corrected chi connectivity index (χ0v) is 22.1. The number of benzene rings is 1. The minimum atomic E-state index is -0.852. The van der Waals surface area contributed by atoms with Crippen LogP contribution in [0.5, 0.6) is 5.75 Å². The SMILES string of the molecule is C=CCCCCCC(Oc1cccc(C#N)c1)C(=O)N1CCCC1C(=O)NC1(C(=O)NSC2CC2)CC1. The monoisotopic (exact) mass is 524 g/mol. The summed E-state index contributed by atoms with van der Waals surface area (Å²) in [6.07, 6.45) is 10.0. The first-order chi connectivity index (χ1) is 18.0. The van der Waals surface area contributed by atoms with Crippen LogP contribution >= 0.6 is 11.9 Å². The molecule has 2 saturated carbocycles. The number of hydrogen-bond donors (Lipinski definition) is 2. The Labute approximate surface area is 223 Å². The molecule has 9 heteroatoms. The third-order valence-electron chi connectivity index (χ3n) is 7.12. The van der Waals surface area contributed by atoms with E-state index in [0.29, 0.717) is 48.8 Å². The summed E-state index contributed by atoms with van der Waals surface area (Å²) in [5.41, 5.74) is -0.393. The normalized spacial score (nSPS) is 20.4. The highest BCUT2D eigenvalue weighted by Gasteiger charge is 2.53. The molecule has 3 aliphatic rings. The first kappa shape index (κ1) is 27.1. The fourth-order valence-electron chi connectivity index (χ4n) is 4.59. The Bertz CT molecular complexity index is 1050. The second kappa shape index (κ2) is 12.5. The van der Waals surface area contributed by atoms with Crippen molar-refractivity contribution in [3.8, 4) is 11.8 Å². The number of ether oxygens (including phenoxy) is 1. The van der Waals surface area contributed by atoms with E-state index < -0.39 is 17.7 Å². The lowest BCUT2D eigenvalue weighted by molar-refractivity contribution is -0.145. The molecule has 1 aromatic carbocycles. The number of likely N-dealkylation sites (tertiary alicyclic amines) is 1. The van der Waals surface area contributed by atoms with E-state index in [1.807, 2.05) is 6.08 Å². The average Bonchev–Trinajstić information content (AvgIpc) is 3.84. The Hall–Kier alpha value is -2.99. The molecule has 198 valence electrons. The van der Waals surface area contributed by atoms with Crippen molar-refractivity contribution in [2.24, 2.45) is 0 Å². The zero-order chi connectivity index (χ0) is 26.3. The minimum absolute atomic E-state index is 0.147. The molecule has 1 heterocycles. The zero-order valence-electron chi connectivity index (χ0n) is 21.2. The molecule has 3 fully saturated rings. The Morgan fingerprint density at radius 2 is 2.05 bits per heavy atom. The third kappa shape index (κ3) is 7.29. The van der Waals surface area contributed by atoms with Crippen LogP contribution in [0.3, 0.4) is 0 Å². The van der Waals surface area contributed by atoms with Gasteiger partial charge in [0.25, 0.3) is 11.8 Å². The number of nitrogens with zero attached hydrogens (tertiary/aromatic N) is 2. The van der Waals surface area contributed by atoms with Gasteiger partial charge in [-0.05, 0) is 94.4 Å². The maximum absolute atomic E-state index is 13.7. The maximum Gasteiger partial charge on any atom is 0.264 e. The van der Waals surface area contributed by atoms with Gasteiger partial charge in [0.2, 0.25) is 5.91 Å². The van der Waals surface area contributed by atoms with Crippen LogP contribution in [0.25, 0.3) is 0 Å². The van der Waals surface area contributed by atoms with E-state index in [1.54, 1.807) is 29.2 Å². The van der Waals surface area contributed by atoms with Gasteiger partial charge in [-0.25, -0.2) is 0 Å². The number of nitrogens with one attached hydrogen (secondary N) is 2. The first-order valence-electron chi connectivity index (χ1n) is 13.3. The summed E-state index contributed by atoms with van der Waals surface area (Å²) in [6.45, 7) is 4.23. The summed E-state index contributed by atoms with van der Waals surface area (Å²) in [6, 6.07) is 8.26. The quantitative estimate of drug-likeness (QED) is 0.216. The molecule has 3 amide bonds. The van der Waals surface area contributed by atoms with Gasteiger partial charge in [-0.1, -0.05) is 18.6 Å². The van der Waals surface area contributed by atoms with E-state index in [1.165, 1.54) is 11.9 Å². The van der Waals surface area contributed by atoms with Crippen molar-refractivity contribution in [1.82, 2.24) is 14.9 Å². The number of carbonyl (C=O) groups excluding carboxylic acids is 3. The molecule has 0 aromatic heterocycles. The number of nitriles is 1. The minimum Gasteiger partial charge on any atom is -0.481 e. The van der Waals surface area contributed by atoms with E-state index in [2.05, 4.69) is 22.7 Å². The number of hydrogen-bond acceptors (Lipinski definition) is 6. The second-order valence-corrected chi connectivity index (χ2v) is 11.3. The van der Waals surface area contributed by atoms with Crippen LogP contribution in [0.1, 0.15) is 76.2 Å². The highest BCUT2D eigenvalue weighted by Crippen LogP contribution is 2.38. The topological polar surface area (TPSA) is 112 Å². The van der Waals surface area contributed by atoms with Crippen molar-refractivity contribution in [3.63, 3.8) is 0 Å². The maximum atomic E-state index is 13.7. The molecule has 2 atom stereocenters. The van der Waals surface area contributed by atoms with Crippen molar-refractivity contribution in [2.75, 3.05) is 6.54 Å². The fourth-order valence-corrected chi connectivity index (χ4v) is 5.43. The summed E-state index contributed by atoms with van der Waals surface area (Å²) in [5, 5.41) is 12.7. The molecular formula is C28H36N4O4S. The lowest BCUT2D eigenvalue weighted by atomic mass is 10.1. The van der Waals surface area contributed by atoms with E-state index in [0.717, 1.165) is 44.9 Å². The Morgan fingerprint density at radius 3 is 2.76 bits per heavy atom. The van der Waals surface area contributed by atoms with Gasteiger partial charge >= 0.3 is 0 Å². The molecule has 1 saturated heterocycles. The molecular weight excluding hydrogens is 488 g/mol. The van der Waals surface area contributed by atoms with Crippen molar-refractivity contribution < 1.29 is 19.1 Å². The van der Waals surface area contributed by atoms with E-state index in [4.69, 9.17) is 4.74 Å². The molecule has 2 N–H and O–H groups in total. The molecule has 2 unspecified atom stereocenters. The molecule has 0 bridgehead atoms. The first-order valence-corrected chi connectivity index (χ1v) is 14.2. The number of carbonyl (C=O) groups is 3. The third-order valence-corrected chi connectivity index (χ3v) is 8.23. The van der Waals surface area contributed by atoms with Crippen molar-refractivity contribution in [2.45, 2.75) is 93.6 Å². The van der Waals surface area contributed by atoms with Gasteiger partial charge in [0.05, 0.1) is 11.6 Å². The summed E-state index contributed by atoms with van der Waals surface area (Å²) in [5.74, 6) is -0.175. The molecule has 8 nitrogen and oxygen atoms in total. The number of amides is 3. The Kier molecular flexibility index (Phi) is 9.14. The largest absolute Gasteiger partial charge is 0.481 e. The standard InChI is InChI=1S/C28H36N4O4S/c1-2-3-4-5-6-12-24(36-21-10-7-9-20(18-21)19-29)26(34)32-17-8-11-23(32)25(33)30-28(15-16-28)27(35)31-37-22-13-14-22/h2,7,9-10,18,22-24H,1,3-6,8,11-17H2,(H,30,33)(H,31,35). The molecule has 0 spiro atoms. The molecule has 2 aliphatic carbocycles. The van der Waals surface area contributed by atoms with Crippen LogP contribution in [-0.2, 0) is 14.4 Å². The highest BCUT2D eigenvalue weighted by atomic mass is 32.2. The lowest BCUT2D eigenvalue weighted by Crippen LogP contribution is -2.55. The van der Waals surface area contributed by atoms with Gasteiger partial charge in [0.15, 0.2) is 6.10 Å². The Morgan fingerprint density at radius 1 is 1.24 bits per heavy atom. The molecule has 1 aliphatic heterocycles. The van der Waals surface area contributed by atoms with Crippen LogP contribution in [-0.4, -0.2) is 52.1 Å². The summed E-state index contributed by atoms with van der Waals surface area (Å²) < 4.78 is 9.02. The molecule has 4 rings (SSSR count). The van der Waals surface area contributed by atoms with Crippen LogP contribution in [0.15, 0.2) is 36.9 Å². The number of rotatable bonds is 14. The molecule has 37 heavy (non-hydrogen) atoms. The number of allylic oxidation sites excluding steroid dienone is 1. The molecule has 1 aromatic rings. The van der Waals surface area contributed by atoms with Gasteiger partial charge in [0, 0.05) is 11.8 Å². The predicted molar refractivity (Wildman–Crippen MR) is 142 cm³/mol. The highest BCUT2D eigenvalue weighted by molar-refractivity contribution is 7.98. The summed E-state index contributed by atoms with van der Waals surface area (Å²) in [4.78, 5) is 41.3. The van der Waals surface area contributed by atoms with Crippen molar-refractivity contribution in [3.05, 3.63) is 42.5 Å². The summed E-state index contributed by atoms with van der Waals surface area (Å²) >= 11 is 1.44. The Balaban J connectivity index is 1.40. The predicted octanol–water partition coefficient (Wildman–Crippen LogP) is 4.01. The van der Waals surface area contributed by atoms with Crippen LogP contribution < -0.4 is 14.8 Å².